The van der Waals surface area contributed by atoms with Crippen LogP contribution in [0.25, 0.3) is 0 Å². The number of hydrogen-bond acceptors (Lipinski definition) is 9. The second kappa shape index (κ2) is 14.1. The van der Waals surface area contributed by atoms with Crippen molar-refractivity contribution in [2.45, 2.75) is 160 Å². The summed E-state index contributed by atoms with van der Waals surface area (Å²) in [4.78, 5) is 13.1. The first-order chi connectivity index (χ1) is 19.4. The van der Waals surface area contributed by atoms with Crippen LogP contribution in [0.1, 0.15) is 101 Å². The summed E-state index contributed by atoms with van der Waals surface area (Å²) >= 11 is 0. The molecule has 0 aliphatic carbocycles. The van der Waals surface area contributed by atoms with Crippen molar-refractivity contribution in [3.63, 3.8) is 0 Å². The largest absolute Gasteiger partial charge is 0.416 e. The first-order valence-corrected chi connectivity index (χ1v) is 19.8. The van der Waals surface area contributed by atoms with Gasteiger partial charge in [-0.1, -0.05) is 48.5 Å². The van der Waals surface area contributed by atoms with Crippen molar-refractivity contribution in [2.75, 3.05) is 27.0 Å². The molecule has 0 saturated carbocycles. The summed E-state index contributed by atoms with van der Waals surface area (Å²) in [6.07, 6.45) is 1.57. The molecule has 0 aromatic carbocycles. The maximum Gasteiger partial charge on any atom is 0.337 e. The molecule has 3 aliphatic rings. The number of ketones is 1. The van der Waals surface area contributed by atoms with Gasteiger partial charge < -0.3 is 32.4 Å². The molecule has 11 heteroatoms. The van der Waals surface area contributed by atoms with Gasteiger partial charge in [-0.2, -0.15) is 0 Å². The molecule has 3 heterocycles. The fraction of sp³-hybridized carbons (Fsp3) is 0.968. The van der Waals surface area contributed by atoms with E-state index in [1.807, 2.05) is 13.8 Å². The van der Waals surface area contributed by atoms with E-state index in [1.54, 1.807) is 0 Å². The van der Waals surface area contributed by atoms with Crippen molar-refractivity contribution in [3.05, 3.63) is 0 Å². The molecule has 3 fully saturated rings. The molecule has 0 N–H and O–H groups in total. The molecule has 0 aromatic heterocycles. The van der Waals surface area contributed by atoms with Gasteiger partial charge in [-0.3, -0.25) is 9.36 Å². The van der Waals surface area contributed by atoms with Crippen LogP contribution in [0.15, 0.2) is 0 Å². The second-order valence-electron chi connectivity index (χ2n) is 14.4. The summed E-state index contributed by atoms with van der Waals surface area (Å²) in [5.74, 6) is -0.787. The van der Waals surface area contributed by atoms with E-state index in [4.69, 9.17) is 32.4 Å². The Kier molecular flexibility index (Phi) is 12.2. The zero-order valence-electron chi connectivity index (χ0n) is 28.3. The number of Topliss-reactive ketones (excluding diaryl/α,β-unsaturated/α-hetero) is 1. The molecule has 0 unspecified atom stereocenters. The average Bonchev–Trinajstić information content (AvgIpc) is 3.13. The molecule has 0 aromatic rings. The van der Waals surface area contributed by atoms with Gasteiger partial charge >= 0.3 is 7.60 Å². The van der Waals surface area contributed by atoms with E-state index in [-0.39, 0.29) is 42.6 Å². The third kappa shape index (κ3) is 7.97. The standard InChI is InChI=1S/C31H59O9PSi/c1-20(2)42(21(3)4,22(5)6)36-15-13-14-25-23(7)16-28-31(10,39-25)18-27-29(40-30(8,9)38-27)26(37-28)17-24(32)19-41(33,34-11)35-12/h20-23,25-29H,13-19H2,1-12H3/t23-,25-,26+,27-,28-,29+,31+/m0/s1. The van der Waals surface area contributed by atoms with E-state index in [1.165, 1.54) is 14.2 Å². The van der Waals surface area contributed by atoms with Crippen LogP contribution >= 0.6 is 7.60 Å². The van der Waals surface area contributed by atoms with E-state index in [0.29, 0.717) is 23.0 Å². The smallest absolute Gasteiger partial charge is 0.337 e. The minimum atomic E-state index is -3.48. The summed E-state index contributed by atoms with van der Waals surface area (Å²) in [6, 6.07) is 0. The lowest BCUT2D eigenvalue weighted by molar-refractivity contribution is -0.243. The van der Waals surface area contributed by atoms with E-state index in [9.17, 15) is 9.36 Å². The van der Waals surface area contributed by atoms with Crippen molar-refractivity contribution < 1.29 is 41.8 Å². The fourth-order valence-corrected chi connectivity index (χ4v) is 14.4. The number of carbonyl (C=O) groups excluding carboxylic acids is 1. The Morgan fingerprint density at radius 1 is 0.952 bits per heavy atom. The summed E-state index contributed by atoms with van der Waals surface area (Å²) in [6.45, 7) is 22.8. The SMILES string of the molecule is COP(=O)(CC(=O)C[C@H]1O[C@H]2C[C@H](C)[C@H](CCCO[Si](C(C)C)(C(C)C)C(C)C)O[C@]2(C)C[C@@H]2OC(C)(C)O[C@@H]21)OC. The van der Waals surface area contributed by atoms with E-state index in [0.717, 1.165) is 25.9 Å². The van der Waals surface area contributed by atoms with Gasteiger partial charge in [0.25, 0.3) is 0 Å². The Morgan fingerprint density at radius 2 is 1.55 bits per heavy atom. The first-order valence-electron chi connectivity index (χ1n) is 16.0. The van der Waals surface area contributed by atoms with Crippen LogP contribution < -0.4 is 0 Å². The predicted octanol–water partition coefficient (Wildman–Crippen LogP) is 7.27. The molecule has 9 nitrogen and oxygen atoms in total. The molecule has 3 saturated heterocycles. The lowest BCUT2D eigenvalue weighted by Gasteiger charge is -2.48. The molecule has 3 aliphatic heterocycles. The van der Waals surface area contributed by atoms with Crippen LogP contribution in [0.5, 0.6) is 0 Å². The van der Waals surface area contributed by atoms with Gasteiger partial charge in [0.1, 0.15) is 18.0 Å². The van der Waals surface area contributed by atoms with Crippen molar-refractivity contribution in [1.82, 2.24) is 0 Å². The van der Waals surface area contributed by atoms with Gasteiger partial charge in [-0.05, 0) is 62.6 Å². The number of fused-ring (bicyclic) bond motifs is 2. The number of ether oxygens (including phenoxy) is 4. The van der Waals surface area contributed by atoms with Crippen LogP contribution in [-0.2, 0) is 41.8 Å². The van der Waals surface area contributed by atoms with Gasteiger partial charge in [-0.15, -0.1) is 0 Å². The molecule has 246 valence electrons. The molecule has 0 bridgehead atoms. The summed E-state index contributed by atoms with van der Waals surface area (Å²) in [5, 5.41) is 0. The Hall–Kier alpha value is -0.163. The highest BCUT2D eigenvalue weighted by atomic mass is 31.2. The highest BCUT2D eigenvalue weighted by molar-refractivity contribution is 7.54. The van der Waals surface area contributed by atoms with E-state index in [2.05, 4.69) is 55.4 Å². The summed E-state index contributed by atoms with van der Waals surface area (Å²) < 4.78 is 55.7. The van der Waals surface area contributed by atoms with Crippen molar-refractivity contribution in [2.24, 2.45) is 5.92 Å². The molecule has 0 spiro atoms. The molecular formula is C31H59O9PSi. The Balaban J connectivity index is 1.71. The lowest BCUT2D eigenvalue weighted by atomic mass is 9.80. The van der Waals surface area contributed by atoms with Gasteiger partial charge in [0.2, 0.25) is 0 Å². The minimum absolute atomic E-state index is 0.0340. The predicted molar refractivity (Wildman–Crippen MR) is 167 cm³/mol. The highest BCUT2D eigenvalue weighted by Gasteiger charge is 2.57. The van der Waals surface area contributed by atoms with Gasteiger partial charge in [0.05, 0.1) is 30.0 Å². The molecule has 0 radical (unpaired) electrons. The normalized spacial score (nSPS) is 33.6. The summed E-state index contributed by atoms with van der Waals surface area (Å²) in [5.41, 5.74) is 1.09. The monoisotopic (exact) mass is 634 g/mol. The van der Waals surface area contributed by atoms with Crippen LogP contribution in [0.4, 0.5) is 0 Å². The van der Waals surface area contributed by atoms with Crippen LogP contribution in [0.3, 0.4) is 0 Å². The lowest BCUT2D eigenvalue weighted by Crippen LogP contribution is -2.54. The first kappa shape index (κ1) is 36.3. The number of carbonyl (C=O) groups is 1. The molecule has 42 heavy (non-hydrogen) atoms. The van der Waals surface area contributed by atoms with Gasteiger partial charge in [0, 0.05) is 33.7 Å². The molecule has 7 atom stereocenters. The van der Waals surface area contributed by atoms with Crippen LogP contribution in [-0.4, -0.2) is 83.0 Å². The second-order valence-corrected chi connectivity index (χ2v) is 22.1. The fourth-order valence-electron chi connectivity index (χ4n) is 7.93. The maximum atomic E-state index is 13.1. The van der Waals surface area contributed by atoms with E-state index >= 15 is 0 Å². The quantitative estimate of drug-likeness (QED) is 0.111. The Morgan fingerprint density at radius 3 is 2.10 bits per heavy atom. The zero-order valence-corrected chi connectivity index (χ0v) is 30.2. The number of rotatable bonds is 14. The van der Waals surface area contributed by atoms with Crippen molar-refractivity contribution >= 4 is 21.7 Å². The number of hydrogen-bond donors (Lipinski definition) is 0. The molecular weight excluding hydrogens is 575 g/mol. The Bertz CT molecular complexity index is 927. The third-order valence-corrected chi connectivity index (χ3v) is 17.9. The molecule has 3 rings (SSSR count). The topological polar surface area (TPSA) is 98.8 Å². The van der Waals surface area contributed by atoms with Gasteiger partial charge in [0.15, 0.2) is 14.1 Å². The minimum Gasteiger partial charge on any atom is -0.416 e. The summed E-state index contributed by atoms with van der Waals surface area (Å²) in [7, 11) is -2.80. The zero-order chi connectivity index (χ0) is 31.7. The van der Waals surface area contributed by atoms with Crippen LogP contribution in [0.2, 0.25) is 16.6 Å². The average molecular weight is 635 g/mol. The Labute approximate surface area is 256 Å². The van der Waals surface area contributed by atoms with Gasteiger partial charge in [-0.25, -0.2) is 0 Å². The highest BCUT2D eigenvalue weighted by Crippen LogP contribution is 2.49. The third-order valence-electron chi connectivity index (χ3n) is 9.90. The van der Waals surface area contributed by atoms with E-state index < -0.39 is 39.5 Å². The van der Waals surface area contributed by atoms with Crippen LogP contribution in [0, 0.1) is 5.92 Å². The van der Waals surface area contributed by atoms with Crippen molar-refractivity contribution in [3.8, 4) is 0 Å². The maximum absolute atomic E-state index is 13.1. The van der Waals surface area contributed by atoms with Crippen molar-refractivity contribution in [1.29, 1.82) is 0 Å². The molecule has 0 amide bonds.